The maximum absolute atomic E-state index is 6.10. The van der Waals surface area contributed by atoms with E-state index in [1.165, 1.54) is 6.42 Å². The zero-order valence-electron chi connectivity index (χ0n) is 12.2. The highest BCUT2D eigenvalue weighted by atomic mass is 16.5. The van der Waals surface area contributed by atoms with Crippen molar-refractivity contribution in [3.05, 3.63) is 18.2 Å². The molecule has 3 unspecified atom stereocenters. The molecule has 0 saturated heterocycles. The molecule has 0 aromatic heterocycles. The smallest absolute Gasteiger partial charge is 0.146 e. The van der Waals surface area contributed by atoms with E-state index in [0.717, 1.165) is 36.2 Å². The molecule has 0 radical (unpaired) electrons. The molecule has 0 heterocycles. The summed E-state index contributed by atoms with van der Waals surface area (Å²) in [7, 11) is 0. The first-order valence-corrected chi connectivity index (χ1v) is 7.29. The number of anilines is 1. The summed E-state index contributed by atoms with van der Waals surface area (Å²) in [4.78, 5) is 0. The molecule has 1 aliphatic rings. The van der Waals surface area contributed by atoms with Crippen LogP contribution in [0.15, 0.2) is 18.2 Å². The minimum atomic E-state index is 0.283. The fraction of sp³-hybridized carbons (Fsp3) is 0.625. The summed E-state index contributed by atoms with van der Waals surface area (Å²) in [6.45, 7) is 7.20. The van der Waals surface area contributed by atoms with Crippen LogP contribution in [0.25, 0.3) is 0 Å². The Morgan fingerprint density at radius 3 is 2.58 bits per heavy atom. The molecule has 0 spiro atoms. The summed E-state index contributed by atoms with van der Waals surface area (Å²) >= 11 is 0. The topological polar surface area (TPSA) is 44.5 Å². The molecule has 1 aliphatic carbocycles. The van der Waals surface area contributed by atoms with Crippen molar-refractivity contribution in [2.45, 2.75) is 46.1 Å². The van der Waals surface area contributed by atoms with E-state index in [2.05, 4.69) is 13.8 Å². The molecule has 19 heavy (non-hydrogen) atoms. The van der Waals surface area contributed by atoms with Gasteiger partial charge in [-0.05, 0) is 50.2 Å². The van der Waals surface area contributed by atoms with Gasteiger partial charge in [-0.15, -0.1) is 0 Å². The molecular weight excluding hydrogens is 238 g/mol. The highest BCUT2D eigenvalue weighted by Crippen LogP contribution is 2.36. The number of nitrogens with two attached hydrogens (primary N) is 1. The van der Waals surface area contributed by atoms with Gasteiger partial charge in [0.2, 0.25) is 0 Å². The molecule has 106 valence electrons. The average Bonchev–Trinajstić information content (AvgIpc) is 2.39. The fourth-order valence-electron chi connectivity index (χ4n) is 2.69. The second-order valence-electron chi connectivity index (χ2n) is 5.61. The van der Waals surface area contributed by atoms with Gasteiger partial charge in [0.15, 0.2) is 0 Å². The van der Waals surface area contributed by atoms with Crippen LogP contribution in [-0.4, -0.2) is 12.7 Å². The van der Waals surface area contributed by atoms with Crippen LogP contribution in [0.3, 0.4) is 0 Å². The molecule has 2 rings (SSSR count). The van der Waals surface area contributed by atoms with Crippen LogP contribution in [0.5, 0.6) is 11.5 Å². The minimum absolute atomic E-state index is 0.283. The quantitative estimate of drug-likeness (QED) is 0.839. The molecule has 0 aliphatic heterocycles. The molecule has 2 N–H and O–H groups in total. The largest absolute Gasteiger partial charge is 0.492 e. The number of hydrogen-bond donors (Lipinski definition) is 1. The maximum atomic E-state index is 6.10. The summed E-state index contributed by atoms with van der Waals surface area (Å²) in [5.41, 5.74) is 6.72. The van der Waals surface area contributed by atoms with Gasteiger partial charge < -0.3 is 15.2 Å². The van der Waals surface area contributed by atoms with E-state index in [1.54, 1.807) is 0 Å². The summed E-state index contributed by atoms with van der Waals surface area (Å²) in [6, 6.07) is 5.75. The van der Waals surface area contributed by atoms with Gasteiger partial charge in [0.05, 0.1) is 12.7 Å². The third-order valence-electron chi connectivity index (χ3n) is 4.17. The predicted octanol–water partition coefficient (Wildman–Crippen LogP) is 3.87. The van der Waals surface area contributed by atoms with Crippen molar-refractivity contribution in [1.29, 1.82) is 0 Å². The first kappa shape index (κ1) is 14.0. The van der Waals surface area contributed by atoms with Crippen molar-refractivity contribution in [3.63, 3.8) is 0 Å². The lowest BCUT2D eigenvalue weighted by Gasteiger charge is -2.32. The Labute approximate surface area is 116 Å². The van der Waals surface area contributed by atoms with Crippen LogP contribution < -0.4 is 15.2 Å². The Bertz CT molecular complexity index is 419. The standard InChI is InChI=1S/C16H25NO2/c1-4-18-14-6-5-7-15(16(14)17)19-13-9-8-11(2)12(3)10-13/h5-7,11-13H,4,8-10,17H2,1-3H3. The van der Waals surface area contributed by atoms with Crippen molar-refractivity contribution >= 4 is 5.69 Å². The van der Waals surface area contributed by atoms with E-state index in [0.29, 0.717) is 12.3 Å². The highest BCUT2D eigenvalue weighted by Gasteiger charge is 2.26. The number of benzene rings is 1. The van der Waals surface area contributed by atoms with Gasteiger partial charge in [0, 0.05) is 0 Å². The third kappa shape index (κ3) is 3.34. The first-order valence-electron chi connectivity index (χ1n) is 7.29. The van der Waals surface area contributed by atoms with Crippen LogP contribution in [0.1, 0.15) is 40.0 Å². The van der Waals surface area contributed by atoms with Crippen molar-refractivity contribution in [2.24, 2.45) is 11.8 Å². The Balaban J connectivity index is 2.05. The van der Waals surface area contributed by atoms with Crippen LogP contribution in [0.4, 0.5) is 5.69 Å². The predicted molar refractivity (Wildman–Crippen MR) is 78.6 cm³/mol. The van der Waals surface area contributed by atoms with Crippen molar-refractivity contribution in [2.75, 3.05) is 12.3 Å². The Morgan fingerprint density at radius 2 is 1.89 bits per heavy atom. The summed E-state index contributed by atoms with van der Waals surface area (Å²) < 4.78 is 11.6. The van der Waals surface area contributed by atoms with Crippen LogP contribution in [0, 0.1) is 11.8 Å². The Kier molecular flexibility index (Phi) is 4.56. The lowest BCUT2D eigenvalue weighted by atomic mass is 9.80. The monoisotopic (exact) mass is 263 g/mol. The summed E-state index contributed by atoms with van der Waals surface area (Å²) in [5.74, 6) is 3.00. The van der Waals surface area contributed by atoms with E-state index in [9.17, 15) is 0 Å². The molecule has 3 atom stereocenters. The number of ether oxygens (including phenoxy) is 2. The van der Waals surface area contributed by atoms with Gasteiger partial charge in [0.1, 0.15) is 17.2 Å². The zero-order chi connectivity index (χ0) is 13.8. The van der Waals surface area contributed by atoms with Crippen LogP contribution >= 0.6 is 0 Å². The Hall–Kier alpha value is -1.38. The second kappa shape index (κ2) is 6.18. The van der Waals surface area contributed by atoms with Crippen molar-refractivity contribution < 1.29 is 9.47 Å². The van der Waals surface area contributed by atoms with E-state index < -0.39 is 0 Å². The van der Waals surface area contributed by atoms with Crippen LogP contribution in [-0.2, 0) is 0 Å². The van der Waals surface area contributed by atoms with E-state index >= 15 is 0 Å². The van der Waals surface area contributed by atoms with E-state index in [1.807, 2.05) is 25.1 Å². The van der Waals surface area contributed by atoms with Gasteiger partial charge >= 0.3 is 0 Å². The molecule has 3 heteroatoms. The molecule has 3 nitrogen and oxygen atoms in total. The van der Waals surface area contributed by atoms with Gasteiger partial charge in [-0.1, -0.05) is 19.9 Å². The summed E-state index contributed by atoms with van der Waals surface area (Å²) in [5, 5.41) is 0. The second-order valence-corrected chi connectivity index (χ2v) is 5.61. The summed E-state index contributed by atoms with van der Waals surface area (Å²) in [6.07, 6.45) is 3.74. The van der Waals surface area contributed by atoms with Gasteiger partial charge in [0.25, 0.3) is 0 Å². The van der Waals surface area contributed by atoms with Crippen LogP contribution in [0.2, 0.25) is 0 Å². The number of rotatable bonds is 4. The molecule has 0 amide bonds. The Morgan fingerprint density at radius 1 is 1.16 bits per heavy atom. The first-order chi connectivity index (χ1) is 9.11. The zero-order valence-corrected chi connectivity index (χ0v) is 12.2. The van der Waals surface area contributed by atoms with Gasteiger partial charge in [-0.25, -0.2) is 0 Å². The third-order valence-corrected chi connectivity index (χ3v) is 4.17. The lowest BCUT2D eigenvalue weighted by molar-refractivity contribution is 0.101. The molecule has 1 fully saturated rings. The van der Waals surface area contributed by atoms with E-state index in [-0.39, 0.29) is 6.10 Å². The molecular formula is C16H25NO2. The number of hydrogen-bond acceptors (Lipinski definition) is 3. The van der Waals surface area contributed by atoms with E-state index in [4.69, 9.17) is 15.2 Å². The fourth-order valence-corrected chi connectivity index (χ4v) is 2.69. The van der Waals surface area contributed by atoms with Crippen molar-refractivity contribution in [1.82, 2.24) is 0 Å². The lowest BCUT2D eigenvalue weighted by Crippen LogP contribution is -2.29. The SMILES string of the molecule is CCOc1cccc(OC2CCC(C)C(C)C2)c1N. The van der Waals surface area contributed by atoms with Gasteiger partial charge in [-0.2, -0.15) is 0 Å². The van der Waals surface area contributed by atoms with Gasteiger partial charge in [-0.3, -0.25) is 0 Å². The minimum Gasteiger partial charge on any atom is -0.492 e. The molecule has 1 aromatic rings. The molecule has 0 bridgehead atoms. The molecule has 1 aromatic carbocycles. The average molecular weight is 263 g/mol. The van der Waals surface area contributed by atoms with Crippen molar-refractivity contribution in [3.8, 4) is 11.5 Å². The normalized spacial score (nSPS) is 27.0. The highest BCUT2D eigenvalue weighted by molar-refractivity contribution is 5.62. The maximum Gasteiger partial charge on any atom is 0.146 e. The number of para-hydroxylation sites is 1. The molecule has 1 saturated carbocycles. The number of nitrogen functional groups attached to an aromatic ring is 1.